The van der Waals surface area contributed by atoms with Crippen LogP contribution in [-0.4, -0.2) is 31.5 Å². The lowest BCUT2D eigenvalue weighted by Crippen LogP contribution is -2.17. The van der Waals surface area contributed by atoms with Gasteiger partial charge in [-0.05, 0) is 48.0 Å². The number of methoxy groups -OCH3 is 1. The summed E-state index contributed by atoms with van der Waals surface area (Å²) in [7, 11) is 1.60. The van der Waals surface area contributed by atoms with Crippen molar-refractivity contribution in [3.05, 3.63) is 71.2 Å². The smallest absolute Gasteiger partial charge is 0.290 e. The molecular weight excluding hydrogens is 390 g/mol. The van der Waals surface area contributed by atoms with Gasteiger partial charge in [0.1, 0.15) is 19.0 Å². The Kier molecular flexibility index (Phi) is 6.97. The fourth-order valence-electron chi connectivity index (χ4n) is 2.72. The second-order valence-corrected chi connectivity index (χ2v) is 7.08. The summed E-state index contributed by atoms with van der Waals surface area (Å²) in [6, 6.07) is 13.1. The third kappa shape index (κ3) is 5.42. The van der Waals surface area contributed by atoms with Crippen LogP contribution in [0.25, 0.3) is 6.08 Å². The Hall–Kier alpha value is -3.19. The zero-order chi connectivity index (χ0) is 20.6. The fourth-order valence-corrected chi connectivity index (χ4v) is 3.39. The lowest BCUT2D eigenvalue weighted by atomic mass is 10.1. The highest BCUT2D eigenvalue weighted by molar-refractivity contribution is 8.18. The molecule has 150 valence electrons. The molecular formula is C22H21NO5S. The van der Waals surface area contributed by atoms with E-state index in [-0.39, 0.29) is 5.24 Å². The number of carbonyl (C=O) groups excluding carboxylic acids is 2. The van der Waals surface area contributed by atoms with Crippen LogP contribution in [0.3, 0.4) is 0 Å². The summed E-state index contributed by atoms with van der Waals surface area (Å²) in [5.74, 6) is 1.50. The molecule has 29 heavy (non-hydrogen) atoms. The van der Waals surface area contributed by atoms with Gasteiger partial charge in [-0.1, -0.05) is 30.3 Å². The molecule has 2 aromatic rings. The number of amides is 2. The second-order valence-electron chi connectivity index (χ2n) is 6.06. The molecule has 1 aliphatic heterocycles. The van der Waals surface area contributed by atoms with Crippen LogP contribution in [-0.2, 0) is 11.2 Å². The maximum atomic E-state index is 11.7. The van der Waals surface area contributed by atoms with E-state index in [1.807, 2.05) is 42.5 Å². The molecule has 3 rings (SSSR count). The average molecular weight is 411 g/mol. The van der Waals surface area contributed by atoms with Crippen molar-refractivity contribution in [2.75, 3.05) is 20.3 Å². The summed E-state index contributed by atoms with van der Waals surface area (Å²) in [4.78, 5) is 23.4. The van der Waals surface area contributed by atoms with E-state index in [1.54, 1.807) is 19.3 Å². The number of para-hydroxylation sites is 1. The Morgan fingerprint density at radius 3 is 2.48 bits per heavy atom. The zero-order valence-corrected chi connectivity index (χ0v) is 16.8. The number of thioether (sulfide) groups is 1. The first kappa shape index (κ1) is 20.5. The standard InChI is InChI=1S/C22H21NO5S/c1-3-6-15-9-10-18(19(13-15)26-2)28-12-11-27-17-8-5-4-7-16(17)14-20-21(24)23-22(25)29-20/h3-5,7-10,13-14H,1,6,11-12H2,2H3,(H,23,24,25)/b20-14+. The number of benzene rings is 2. The first-order valence-corrected chi connectivity index (χ1v) is 9.79. The highest BCUT2D eigenvalue weighted by Gasteiger charge is 2.25. The third-order valence-electron chi connectivity index (χ3n) is 4.05. The number of rotatable bonds is 9. The molecule has 0 aliphatic carbocycles. The number of hydrogen-bond acceptors (Lipinski definition) is 6. The van der Waals surface area contributed by atoms with Gasteiger partial charge in [0.05, 0.1) is 12.0 Å². The number of imide groups is 1. The monoisotopic (exact) mass is 411 g/mol. The van der Waals surface area contributed by atoms with Crippen LogP contribution in [0.5, 0.6) is 17.2 Å². The Bertz CT molecular complexity index is 954. The second kappa shape index (κ2) is 9.84. The molecule has 0 atom stereocenters. The SMILES string of the molecule is C=CCc1ccc(OCCOc2ccccc2/C=C2/SC(=O)NC2=O)c(OC)c1. The molecule has 1 aliphatic rings. The van der Waals surface area contributed by atoms with Gasteiger partial charge in [0, 0.05) is 5.56 Å². The van der Waals surface area contributed by atoms with Crippen molar-refractivity contribution in [1.29, 1.82) is 0 Å². The van der Waals surface area contributed by atoms with Gasteiger partial charge < -0.3 is 14.2 Å². The van der Waals surface area contributed by atoms with Crippen molar-refractivity contribution in [1.82, 2.24) is 5.32 Å². The van der Waals surface area contributed by atoms with Crippen LogP contribution >= 0.6 is 11.8 Å². The van der Waals surface area contributed by atoms with Crippen molar-refractivity contribution in [2.24, 2.45) is 0 Å². The van der Waals surface area contributed by atoms with Crippen molar-refractivity contribution in [2.45, 2.75) is 6.42 Å². The molecule has 0 aromatic heterocycles. The highest BCUT2D eigenvalue weighted by atomic mass is 32.2. The van der Waals surface area contributed by atoms with Crippen LogP contribution in [0.2, 0.25) is 0 Å². The molecule has 0 bridgehead atoms. The van der Waals surface area contributed by atoms with Gasteiger partial charge in [-0.3, -0.25) is 14.9 Å². The lowest BCUT2D eigenvalue weighted by molar-refractivity contribution is -0.115. The molecule has 0 unspecified atom stereocenters. The van der Waals surface area contributed by atoms with Gasteiger partial charge in [0.2, 0.25) is 0 Å². The van der Waals surface area contributed by atoms with Crippen LogP contribution in [0, 0.1) is 0 Å². The molecule has 2 amide bonds. The average Bonchev–Trinajstić information content (AvgIpc) is 3.04. The van der Waals surface area contributed by atoms with E-state index < -0.39 is 5.91 Å². The Labute approximate surface area is 173 Å². The minimum atomic E-state index is -0.398. The van der Waals surface area contributed by atoms with Crippen LogP contribution in [0.4, 0.5) is 4.79 Å². The van der Waals surface area contributed by atoms with E-state index >= 15 is 0 Å². The van der Waals surface area contributed by atoms with Crippen molar-refractivity contribution in [3.63, 3.8) is 0 Å². The predicted octanol–water partition coefficient (Wildman–Crippen LogP) is 4.21. The summed E-state index contributed by atoms with van der Waals surface area (Å²) in [6.07, 6.45) is 4.23. The molecule has 1 N–H and O–H groups in total. The van der Waals surface area contributed by atoms with Gasteiger partial charge in [0.25, 0.3) is 11.1 Å². The Balaban J connectivity index is 1.60. The quantitative estimate of drug-likeness (QED) is 0.379. The Morgan fingerprint density at radius 1 is 1.03 bits per heavy atom. The zero-order valence-electron chi connectivity index (χ0n) is 16.0. The van der Waals surface area contributed by atoms with Crippen LogP contribution in [0.1, 0.15) is 11.1 Å². The van der Waals surface area contributed by atoms with E-state index in [0.717, 1.165) is 23.7 Å². The maximum absolute atomic E-state index is 11.7. The minimum absolute atomic E-state index is 0.302. The van der Waals surface area contributed by atoms with Crippen molar-refractivity contribution < 1.29 is 23.8 Å². The maximum Gasteiger partial charge on any atom is 0.290 e. The molecule has 1 fully saturated rings. The van der Waals surface area contributed by atoms with Gasteiger partial charge in [-0.2, -0.15) is 0 Å². The minimum Gasteiger partial charge on any atom is -0.493 e. The lowest BCUT2D eigenvalue weighted by Gasteiger charge is -2.13. The molecule has 1 saturated heterocycles. The number of carbonyl (C=O) groups is 2. The van der Waals surface area contributed by atoms with Gasteiger partial charge in [0.15, 0.2) is 11.5 Å². The van der Waals surface area contributed by atoms with Crippen LogP contribution < -0.4 is 19.5 Å². The number of hydrogen-bond donors (Lipinski definition) is 1. The van der Waals surface area contributed by atoms with Crippen molar-refractivity contribution >= 4 is 29.0 Å². The van der Waals surface area contributed by atoms with E-state index in [0.29, 0.717) is 40.9 Å². The number of nitrogens with one attached hydrogen (secondary N) is 1. The summed E-state index contributed by atoms with van der Waals surface area (Å²) >= 11 is 0.873. The molecule has 2 aromatic carbocycles. The third-order valence-corrected chi connectivity index (χ3v) is 4.86. The topological polar surface area (TPSA) is 73.9 Å². The molecule has 0 radical (unpaired) electrons. The summed E-state index contributed by atoms with van der Waals surface area (Å²) in [5, 5.41) is 1.86. The van der Waals surface area contributed by atoms with Crippen LogP contribution in [0.15, 0.2) is 60.0 Å². The molecule has 0 saturated carbocycles. The highest BCUT2D eigenvalue weighted by Crippen LogP contribution is 2.30. The fraction of sp³-hybridized carbons (Fsp3) is 0.182. The first-order chi connectivity index (χ1) is 14.1. The predicted molar refractivity (Wildman–Crippen MR) is 113 cm³/mol. The molecule has 6 nitrogen and oxygen atoms in total. The molecule has 0 spiro atoms. The molecule has 1 heterocycles. The molecule has 7 heteroatoms. The Morgan fingerprint density at radius 2 is 1.79 bits per heavy atom. The van der Waals surface area contributed by atoms with Gasteiger partial charge in [-0.25, -0.2) is 0 Å². The van der Waals surface area contributed by atoms with Gasteiger partial charge >= 0.3 is 0 Å². The summed E-state index contributed by atoms with van der Waals surface area (Å²) < 4.78 is 17.0. The van der Waals surface area contributed by atoms with E-state index in [1.165, 1.54) is 0 Å². The number of ether oxygens (including phenoxy) is 3. The summed E-state index contributed by atoms with van der Waals surface area (Å²) in [5.41, 5.74) is 1.81. The van der Waals surface area contributed by atoms with E-state index in [4.69, 9.17) is 14.2 Å². The summed E-state index contributed by atoms with van der Waals surface area (Å²) in [6.45, 7) is 4.35. The van der Waals surface area contributed by atoms with E-state index in [2.05, 4.69) is 11.9 Å². The van der Waals surface area contributed by atoms with E-state index in [9.17, 15) is 9.59 Å². The largest absolute Gasteiger partial charge is 0.493 e. The first-order valence-electron chi connectivity index (χ1n) is 8.98. The normalized spacial score (nSPS) is 14.6. The van der Waals surface area contributed by atoms with Gasteiger partial charge in [-0.15, -0.1) is 6.58 Å². The number of allylic oxidation sites excluding steroid dienone is 1. The van der Waals surface area contributed by atoms with Crippen molar-refractivity contribution in [3.8, 4) is 17.2 Å².